The summed E-state index contributed by atoms with van der Waals surface area (Å²) in [5, 5.41) is 0. The van der Waals surface area contributed by atoms with Crippen LogP contribution in [0.1, 0.15) is 6.92 Å². The van der Waals surface area contributed by atoms with Gasteiger partial charge in [-0.1, -0.05) is 6.92 Å². The fraction of sp³-hybridized carbons (Fsp3) is 0.714. The van der Waals surface area contributed by atoms with Crippen LogP contribution in [0.3, 0.4) is 0 Å². The quantitative estimate of drug-likeness (QED) is 0.501. The molecule has 0 aromatic heterocycles. The fourth-order valence-electron chi connectivity index (χ4n) is 0.421. The van der Waals surface area contributed by atoms with Gasteiger partial charge in [-0.05, 0) is 13.3 Å². The molecule has 0 aliphatic rings. The molecule has 0 spiro atoms. The fourth-order valence-corrected chi connectivity index (χ4v) is 0.421. The molecule has 2 radical (unpaired) electrons. The minimum atomic E-state index is 0.527. The molecule has 2 heteroatoms. The van der Waals surface area contributed by atoms with Crippen molar-refractivity contribution >= 4 is 0 Å². The third-order valence-electron chi connectivity index (χ3n) is 0.801. The summed E-state index contributed by atoms with van der Waals surface area (Å²) in [7, 11) is 0. The molecule has 0 saturated heterocycles. The van der Waals surface area contributed by atoms with E-state index in [0.29, 0.717) is 26.4 Å². The molecule has 0 aromatic rings. The molecule has 0 fully saturated rings. The predicted octanol–water partition coefficient (Wildman–Crippen LogP) is 1.08. The van der Waals surface area contributed by atoms with E-state index < -0.39 is 0 Å². The molecule has 0 saturated carbocycles. The van der Waals surface area contributed by atoms with E-state index in [1.54, 1.807) is 0 Å². The first-order valence-corrected chi connectivity index (χ1v) is 3.14. The topological polar surface area (TPSA) is 18.5 Å². The van der Waals surface area contributed by atoms with E-state index in [1.165, 1.54) is 0 Å². The smallest absolute Gasteiger partial charge is 0.0700 e. The zero-order valence-corrected chi connectivity index (χ0v) is 5.93. The summed E-state index contributed by atoms with van der Waals surface area (Å²) < 4.78 is 10.0. The van der Waals surface area contributed by atoms with E-state index >= 15 is 0 Å². The molecular formula is C7H14O2. The van der Waals surface area contributed by atoms with Crippen molar-refractivity contribution in [3.05, 3.63) is 13.3 Å². The Morgan fingerprint density at radius 2 is 2.00 bits per heavy atom. The van der Waals surface area contributed by atoms with Gasteiger partial charge in [-0.15, -0.1) is 0 Å². The number of hydrogen-bond donors (Lipinski definition) is 0. The highest BCUT2D eigenvalue weighted by atomic mass is 16.5. The lowest BCUT2D eigenvalue weighted by Crippen LogP contribution is -2.04. The molecule has 0 unspecified atom stereocenters. The van der Waals surface area contributed by atoms with Crippen LogP contribution in [0.15, 0.2) is 0 Å². The minimum absolute atomic E-state index is 0.527. The van der Waals surface area contributed by atoms with Crippen molar-refractivity contribution in [2.45, 2.75) is 6.92 Å². The lowest BCUT2D eigenvalue weighted by molar-refractivity contribution is 0.0669. The van der Waals surface area contributed by atoms with Gasteiger partial charge in [0.15, 0.2) is 0 Å². The molecule has 2 nitrogen and oxygen atoms in total. The van der Waals surface area contributed by atoms with Crippen molar-refractivity contribution in [3.8, 4) is 0 Å². The summed E-state index contributed by atoms with van der Waals surface area (Å²) in [5.74, 6) is 0. The number of rotatable bonds is 6. The summed E-state index contributed by atoms with van der Waals surface area (Å²) in [6.45, 7) is 8.03. The first kappa shape index (κ1) is 8.92. The maximum atomic E-state index is 5.08. The van der Waals surface area contributed by atoms with Gasteiger partial charge in [0, 0.05) is 13.2 Å². The van der Waals surface area contributed by atoms with Gasteiger partial charge < -0.3 is 9.47 Å². The first-order valence-electron chi connectivity index (χ1n) is 3.14. The summed E-state index contributed by atoms with van der Waals surface area (Å²) >= 11 is 0. The van der Waals surface area contributed by atoms with E-state index in [4.69, 9.17) is 9.47 Å². The zero-order valence-electron chi connectivity index (χ0n) is 5.93. The van der Waals surface area contributed by atoms with Crippen LogP contribution in [-0.4, -0.2) is 26.4 Å². The van der Waals surface area contributed by atoms with Crippen molar-refractivity contribution in [1.82, 2.24) is 0 Å². The largest absolute Gasteiger partial charge is 0.379 e. The number of ether oxygens (including phenoxy) is 2. The van der Waals surface area contributed by atoms with Crippen LogP contribution in [-0.2, 0) is 9.47 Å². The van der Waals surface area contributed by atoms with Gasteiger partial charge >= 0.3 is 0 Å². The highest BCUT2D eigenvalue weighted by Crippen LogP contribution is 1.79. The van der Waals surface area contributed by atoms with Crippen LogP contribution >= 0.6 is 0 Å². The maximum Gasteiger partial charge on any atom is 0.0700 e. The van der Waals surface area contributed by atoms with Crippen molar-refractivity contribution in [2.24, 2.45) is 0 Å². The molecule has 0 aliphatic heterocycles. The Bertz CT molecular complexity index is 40.2. The Hall–Kier alpha value is -0.0800. The lowest BCUT2D eigenvalue weighted by Gasteiger charge is -2.00. The number of hydrogen-bond acceptors (Lipinski definition) is 2. The van der Waals surface area contributed by atoms with Gasteiger partial charge in [0.05, 0.1) is 13.2 Å². The Morgan fingerprint density at radius 3 is 2.56 bits per heavy atom. The third-order valence-corrected chi connectivity index (χ3v) is 0.801. The van der Waals surface area contributed by atoms with Gasteiger partial charge in [0.1, 0.15) is 0 Å². The van der Waals surface area contributed by atoms with Gasteiger partial charge in [0.25, 0.3) is 0 Å². The van der Waals surface area contributed by atoms with Crippen molar-refractivity contribution < 1.29 is 9.47 Å². The second-order valence-electron chi connectivity index (χ2n) is 1.60. The normalized spacial score (nSPS) is 10.0. The highest BCUT2D eigenvalue weighted by Gasteiger charge is 1.84. The molecule has 0 aliphatic carbocycles. The summed E-state index contributed by atoms with van der Waals surface area (Å²) in [4.78, 5) is 0. The third kappa shape index (κ3) is 7.92. The Morgan fingerprint density at radius 1 is 1.33 bits per heavy atom. The average Bonchev–Trinajstić information content (AvgIpc) is 1.89. The summed E-state index contributed by atoms with van der Waals surface area (Å²) in [6.07, 6.45) is 1.96. The molecule has 0 amide bonds. The molecule has 54 valence electrons. The van der Waals surface area contributed by atoms with Crippen molar-refractivity contribution in [3.63, 3.8) is 0 Å². The van der Waals surface area contributed by atoms with E-state index in [9.17, 15) is 0 Å². The zero-order chi connectivity index (χ0) is 6.95. The van der Waals surface area contributed by atoms with Crippen LogP contribution < -0.4 is 0 Å². The maximum absolute atomic E-state index is 5.08. The van der Waals surface area contributed by atoms with Crippen molar-refractivity contribution in [1.29, 1.82) is 0 Å². The second kappa shape index (κ2) is 7.92. The van der Waals surface area contributed by atoms with Crippen LogP contribution in [0.25, 0.3) is 0 Å². The SMILES string of the molecule is [CH2]COCCOC[CH]C. The molecule has 0 atom stereocenters. The van der Waals surface area contributed by atoms with E-state index in [-0.39, 0.29) is 0 Å². The van der Waals surface area contributed by atoms with Crippen LogP contribution in [0.4, 0.5) is 0 Å². The molecule has 0 bridgehead atoms. The molecule has 0 heterocycles. The van der Waals surface area contributed by atoms with Gasteiger partial charge in [-0.3, -0.25) is 0 Å². The predicted molar refractivity (Wildman–Crippen MR) is 37.0 cm³/mol. The van der Waals surface area contributed by atoms with Gasteiger partial charge in [-0.25, -0.2) is 0 Å². The second-order valence-corrected chi connectivity index (χ2v) is 1.60. The highest BCUT2D eigenvalue weighted by molar-refractivity contribution is 4.50. The van der Waals surface area contributed by atoms with Crippen LogP contribution in [0, 0.1) is 13.3 Å². The average molecular weight is 130 g/mol. The standard InChI is InChI=1S/C7H14O2/c1-3-5-9-7-6-8-4-2/h3H,2,4-7H2,1H3. The van der Waals surface area contributed by atoms with Crippen molar-refractivity contribution in [2.75, 3.05) is 26.4 Å². The van der Waals surface area contributed by atoms with Gasteiger partial charge in [0.2, 0.25) is 0 Å². The summed E-state index contributed by atoms with van der Waals surface area (Å²) in [6, 6.07) is 0. The lowest BCUT2D eigenvalue weighted by atomic mass is 10.5. The summed E-state index contributed by atoms with van der Waals surface area (Å²) in [5.41, 5.74) is 0. The van der Waals surface area contributed by atoms with Crippen LogP contribution in [0.2, 0.25) is 0 Å². The molecular weight excluding hydrogens is 116 g/mol. The van der Waals surface area contributed by atoms with Crippen LogP contribution in [0.5, 0.6) is 0 Å². The molecule has 9 heavy (non-hydrogen) atoms. The molecule has 0 rings (SSSR count). The van der Waals surface area contributed by atoms with E-state index in [1.807, 2.05) is 13.3 Å². The Kier molecular flexibility index (Phi) is 7.85. The first-order chi connectivity index (χ1) is 4.41. The molecule has 0 aromatic carbocycles. The van der Waals surface area contributed by atoms with E-state index in [2.05, 4.69) is 6.92 Å². The Balaban J connectivity index is 2.60. The van der Waals surface area contributed by atoms with Gasteiger partial charge in [-0.2, -0.15) is 0 Å². The Labute approximate surface area is 57.2 Å². The monoisotopic (exact) mass is 130 g/mol. The minimum Gasteiger partial charge on any atom is -0.379 e. The molecule has 0 N–H and O–H groups in total. The van der Waals surface area contributed by atoms with E-state index in [0.717, 1.165) is 0 Å².